The summed E-state index contributed by atoms with van der Waals surface area (Å²) in [7, 11) is -3.70. The number of thiazole rings is 1. The molecule has 0 fully saturated rings. The van der Waals surface area contributed by atoms with E-state index in [0.29, 0.717) is 17.7 Å². The van der Waals surface area contributed by atoms with Gasteiger partial charge in [0.15, 0.2) is 0 Å². The molecule has 1 atom stereocenters. The second-order valence-corrected chi connectivity index (χ2v) is 10.7. The van der Waals surface area contributed by atoms with E-state index in [4.69, 9.17) is 0 Å². The van der Waals surface area contributed by atoms with Gasteiger partial charge in [-0.3, -0.25) is 9.36 Å². The van der Waals surface area contributed by atoms with Crippen molar-refractivity contribution in [2.75, 3.05) is 0 Å². The molecule has 1 aliphatic rings. The number of rotatable bonds is 7. The fourth-order valence-electron chi connectivity index (χ4n) is 4.26. The quantitative estimate of drug-likeness (QED) is 0.570. The maximum Gasteiger partial charge on any atom is 0.308 e. The molecule has 2 aromatic carbocycles. The van der Waals surface area contributed by atoms with Crippen LogP contribution >= 0.6 is 11.3 Å². The second-order valence-electron chi connectivity index (χ2n) is 7.97. The van der Waals surface area contributed by atoms with E-state index in [1.54, 1.807) is 22.8 Å². The molecule has 0 aliphatic heterocycles. The first-order chi connectivity index (χ1) is 14.4. The van der Waals surface area contributed by atoms with Crippen molar-refractivity contribution in [1.29, 1.82) is 0 Å². The minimum atomic E-state index is -3.70. The highest BCUT2D eigenvalue weighted by Gasteiger charge is 2.22. The molecular weight excluding hydrogens is 416 g/mol. The standard InChI is InChI=1S/C23H28N2O3S2/c1-3-13-25-21-12-11-19(15-22(21)29-23(25)26)30(27,28)24-20(4-2)18-10-9-16-7-5-6-8-17(16)14-18/h9-12,14-15,20,24H,3-8,13H2,1-2H3. The summed E-state index contributed by atoms with van der Waals surface area (Å²) in [6.45, 7) is 4.65. The summed E-state index contributed by atoms with van der Waals surface area (Å²) in [6.07, 6.45) is 6.12. The maximum absolute atomic E-state index is 13.1. The Morgan fingerprint density at radius 2 is 1.83 bits per heavy atom. The molecule has 1 aliphatic carbocycles. The van der Waals surface area contributed by atoms with Crippen molar-refractivity contribution < 1.29 is 8.42 Å². The summed E-state index contributed by atoms with van der Waals surface area (Å²) in [5, 5.41) is 0. The average molecular weight is 445 g/mol. The van der Waals surface area contributed by atoms with Crippen LogP contribution in [-0.2, 0) is 29.4 Å². The average Bonchev–Trinajstić information content (AvgIpc) is 3.06. The molecule has 7 heteroatoms. The third-order valence-electron chi connectivity index (χ3n) is 5.88. The number of aryl methyl sites for hydroxylation is 3. The number of nitrogens with one attached hydrogen (secondary N) is 1. The lowest BCUT2D eigenvalue weighted by Gasteiger charge is -2.21. The topological polar surface area (TPSA) is 68.2 Å². The van der Waals surface area contributed by atoms with Gasteiger partial charge in [0.1, 0.15) is 0 Å². The number of benzene rings is 2. The number of hydrogen-bond donors (Lipinski definition) is 1. The van der Waals surface area contributed by atoms with Crippen LogP contribution in [0.1, 0.15) is 62.3 Å². The molecule has 160 valence electrons. The summed E-state index contributed by atoms with van der Waals surface area (Å²) >= 11 is 1.10. The van der Waals surface area contributed by atoms with Crippen LogP contribution in [0.15, 0.2) is 46.1 Å². The Kier molecular flexibility index (Phi) is 6.14. The molecule has 0 spiro atoms. The first-order valence-corrected chi connectivity index (χ1v) is 13.0. The van der Waals surface area contributed by atoms with Gasteiger partial charge in [-0.25, -0.2) is 13.1 Å². The molecule has 0 saturated carbocycles. The summed E-state index contributed by atoms with van der Waals surface area (Å²) < 4.78 is 31.6. The van der Waals surface area contributed by atoms with Crippen LogP contribution in [-0.4, -0.2) is 13.0 Å². The van der Waals surface area contributed by atoms with Gasteiger partial charge >= 0.3 is 4.87 Å². The Bertz CT molecular complexity index is 1220. The van der Waals surface area contributed by atoms with Crippen molar-refractivity contribution in [3.8, 4) is 0 Å². The van der Waals surface area contributed by atoms with Crippen molar-refractivity contribution in [1.82, 2.24) is 9.29 Å². The third kappa shape index (κ3) is 4.11. The molecule has 30 heavy (non-hydrogen) atoms. The number of fused-ring (bicyclic) bond motifs is 2. The van der Waals surface area contributed by atoms with Gasteiger partial charge in [-0.2, -0.15) is 0 Å². The highest BCUT2D eigenvalue weighted by Crippen LogP contribution is 2.28. The molecule has 0 radical (unpaired) electrons. The van der Waals surface area contributed by atoms with E-state index < -0.39 is 10.0 Å². The Morgan fingerprint density at radius 3 is 2.57 bits per heavy atom. The molecule has 5 nitrogen and oxygen atoms in total. The molecule has 0 saturated heterocycles. The van der Waals surface area contributed by atoms with E-state index in [2.05, 4.69) is 22.9 Å². The van der Waals surface area contributed by atoms with Crippen LogP contribution in [0.3, 0.4) is 0 Å². The third-order valence-corrected chi connectivity index (χ3v) is 8.29. The maximum atomic E-state index is 13.1. The molecule has 1 N–H and O–H groups in total. The number of nitrogens with zero attached hydrogens (tertiary/aromatic N) is 1. The summed E-state index contributed by atoms with van der Waals surface area (Å²) in [6, 6.07) is 11.1. The van der Waals surface area contributed by atoms with Crippen LogP contribution in [0.2, 0.25) is 0 Å². The molecular formula is C23H28N2O3S2. The predicted octanol–water partition coefficient (Wildman–Crippen LogP) is 4.78. The summed E-state index contributed by atoms with van der Waals surface area (Å²) in [5.41, 5.74) is 4.55. The SMILES string of the molecule is CCCn1c(=O)sc2cc(S(=O)(=O)NC(CC)c3ccc4c(c3)CCCC4)ccc21. The van der Waals surface area contributed by atoms with Crippen LogP contribution in [0.4, 0.5) is 0 Å². The van der Waals surface area contributed by atoms with E-state index >= 15 is 0 Å². The Hall–Kier alpha value is -1.96. The van der Waals surface area contributed by atoms with E-state index in [0.717, 1.165) is 41.7 Å². The lowest BCUT2D eigenvalue weighted by Crippen LogP contribution is -2.28. The van der Waals surface area contributed by atoms with Gasteiger partial charge in [-0.05, 0) is 73.4 Å². The van der Waals surface area contributed by atoms with Gasteiger partial charge in [0.05, 0.1) is 15.1 Å². The van der Waals surface area contributed by atoms with Crippen molar-refractivity contribution in [3.05, 3.63) is 62.8 Å². The van der Waals surface area contributed by atoms with Crippen molar-refractivity contribution in [2.24, 2.45) is 0 Å². The molecule has 1 unspecified atom stereocenters. The fourth-order valence-corrected chi connectivity index (χ4v) is 6.63. The van der Waals surface area contributed by atoms with Gasteiger partial charge < -0.3 is 0 Å². The van der Waals surface area contributed by atoms with Gasteiger partial charge in [0.2, 0.25) is 10.0 Å². The zero-order valence-electron chi connectivity index (χ0n) is 17.5. The highest BCUT2D eigenvalue weighted by atomic mass is 32.2. The number of hydrogen-bond acceptors (Lipinski definition) is 4. The van der Waals surface area contributed by atoms with Crippen LogP contribution < -0.4 is 9.60 Å². The first-order valence-electron chi connectivity index (χ1n) is 10.7. The molecule has 3 aromatic rings. The fraction of sp³-hybridized carbons (Fsp3) is 0.435. The van der Waals surface area contributed by atoms with Crippen molar-refractivity contribution in [2.45, 2.75) is 69.9 Å². The van der Waals surface area contributed by atoms with Crippen LogP contribution in [0.25, 0.3) is 10.2 Å². The normalized spacial score (nSPS) is 15.3. The summed E-state index contributed by atoms with van der Waals surface area (Å²) in [4.78, 5) is 12.4. The van der Waals surface area contributed by atoms with Crippen LogP contribution in [0.5, 0.6) is 0 Å². The lowest BCUT2D eigenvalue weighted by atomic mass is 9.89. The van der Waals surface area contributed by atoms with Crippen molar-refractivity contribution >= 4 is 31.6 Å². The van der Waals surface area contributed by atoms with Gasteiger partial charge in [0.25, 0.3) is 0 Å². The zero-order chi connectivity index (χ0) is 21.3. The predicted molar refractivity (Wildman–Crippen MR) is 123 cm³/mol. The van der Waals surface area contributed by atoms with E-state index in [9.17, 15) is 13.2 Å². The minimum Gasteiger partial charge on any atom is -0.299 e. The van der Waals surface area contributed by atoms with Crippen molar-refractivity contribution in [3.63, 3.8) is 0 Å². The van der Waals surface area contributed by atoms with E-state index in [1.807, 2.05) is 13.8 Å². The molecule has 1 heterocycles. The first kappa shape index (κ1) is 21.3. The van der Waals surface area contributed by atoms with Crippen LogP contribution in [0, 0.1) is 0 Å². The Balaban J connectivity index is 1.63. The number of sulfonamides is 1. The van der Waals surface area contributed by atoms with Gasteiger partial charge in [-0.15, -0.1) is 0 Å². The molecule has 0 bridgehead atoms. The minimum absolute atomic E-state index is 0.0464. The lowest BCUT2D eigenvalue weighted by molar-refractivity contribution is 0.549. The Morgan fingerprint density at radius 1 is 1.07 bits per heavy atom. The smallest absolute Gasteiger partial charge is 0.299 e. The second kappa shape index (κ2) is 8.65. The van der Waals surface area contributed by atoms with E-state index in [-0.39, 0.29) is 15.8 Å². The van der Waals surface area contributed by atoms with Gasteiger partial charge in [0, 0.05) is 12.6 Å². The summed E-state index contributed by atoms with van der Waals surface area (Å²) in [5.74, 6) is 0. The monoisotopic (exact) mass is 444 g/mol. The van der Waals surface area contributed by atoms with E-state index in [1.165, 1.54) is 24.0 Å². The Labute approximate surface area is 181 Å². The molecule has 1 aromatic heterocycles. The highest BCUT2D eigenvalue weighted by molar-refractivity contribution is 7.89. The number of aromatic nitrogens is 1. The van der Waals surface area contributed by atoms with Gasteiger partial charge in [-0.1, -0.05) is 43.4 Å². The molecule has 0 amide bonds. The molecule has 4 rings (SSSR count). The zero-order valence-corrected chi connectivity index (χ0v) is 19.1. The largest absolute Gasteiger partial charge is 0.308 e.